The van der Waals surface area contributed by atoms with Crippen LogP contribution in [0.3, 0.4) is 0 Å². The van der Waals surface area contributed by atoms with E-state index in [0.29, 0.717) is 0 Å². The summed E-state index contributed by atoms with van der Waals surface area (Å²) >= 11 is 0. The number of nitrogens with zero attached hydrogens (tertiary/aromatic N) is 1. The molecule has 4 nitrogen and oxygen atoms in total. The first-order chi connectivity index (χ1) is 9.74. The van der Waals surface area contributed by atoms with Crippen molar-refractivity contribution >= 4 is 22.4 Å². The van der Waals surface area contributed by atoms with Gasteiger partial charge in [-0.2, -0.15) is 5.26 Å². The van der Waals surface area contributed by atoms with Crippen LogP contribution in [0.4, 0.5) is 5.69 Å². The summed E-state index contributed by atoms with van der Waals surface area (Å²) in [6.45, 7) is 1.94. The Hall–Kier alpha value is -2.80. The van der Waals surface area contributed by atoms with Gasteiger partial charge in [-0.15, -0.1) is 0 Å². The van der Waals surface area contributed by atoms with Gasteiger partial charge in [-0.1, -0.05) is 30.3 Å². The van der Waals surface area contributed by atoms with Crippen molar-refractivity contribution in [2.45, 2.75) is 6.92 Å². The second-order valence-corrected chi connectivity index (χ2v) is 4.10. The molecular formula is C16H14N2O2. The number of ether oxygens (including phenoxy) is 1. The molecule has 0 aliphatic rings. The summed E-state index contributed by atoms with van der Waals surface area (Å²) in [5.41, 5.74) is 0.751. The highest BCUT2D eigenvalue weighted by atomic mass is 16.5. The zero-order valence-corrected chi connectivity index (χ0v) is 11.1. The molecule has 4 heteroatoms. The highest BCUT2D eigenvalue weighted by molar-refractivity contribution is 5.93. The molecule has 2 rings (SSSR count). The number of carbonyl (C=O) groups is 1. The SMILES string of the molecule is CCOC(=O)C(C#N)=CNc1ccc2ccccc2c1. The Bertz CT molecular complexity index is 699. The molecule has 0 saturated heterocycles. The van der Waals surface area contributed by atoms with Gasteiger partial charge in [0.2, 0.25) is 0 Å². The van der Waals surface area contributed by atoms with E-state index in [4.69, 9.17) is 10.00 Å². The lowest BCUT2D eigenvalue weighted by molar-refractivity contribution is -0.138. The molecule has 0 amide bonds. The maximum Gasteiger partial charge on any atom is 0.350 e. The fourth-order valence-electron chi connectivity index (χ4n) is 1.78. The number of hydrogen-bond acceptors (Lipinski definition) is 4. The predicted molar refractivity (Wildman–Crippen MR) is 77.9 cm³/mol. The molecule has 0 fully saturated rings. The van der Waals surface area contributed by atoms with Crippen LogP contribution in [0.25, 0.3) is 10.8 Å². The van der Waals surface area contributed by atoms with Gasteiger partial charge in [-0.05, 0) is 29.8 Å². The van der Waals surface area contributed by atoms with Crippen molar-refractivity contribution in [1.82, 2.24) is 0 Å². The van der Waals surface area contributed by atoms with Gasteiger partial charge >= 0.3 is 5.97 Å². The molecule has 100 valence electrons. The summed E-state index contributed by atoms with van der Waals surface area (Å²) < 4.78 is 4.78. The van der Waals surface area contributed by atoms with Crippen LogP contribution in [0.15, 0.2) is 54.2 Å². The number of nitrogens with one attached hydrogen (secondary N) is 1. The summed E-state index contributed by atoms with van der Waals surface area (Å²) in [6, 6.07) is 15.6. The minimum Gasteiger partial charge on any atom is -0.462 e. The van der Waals surface area contributed by atoms with Gasteiger partial charge in [0, 0.05) is 11.9 Å². The third-order valence-electron chi connectivity index (χ3n) is 2.75. The third-order valence-corrected chi connectivity index (χ3v) is 2.75. The molecule has 1 N–H and O–H groups in total. The molecule has 0 aromatic heterocycles. The largest absolute Gasteiger partial charge is 0.462 e. The van der Waals surface area contributed by atoms with Crippen molar-refractivity contribution in [2.75, 3.05) is 11.9 Å². The molecule has 2 aromatic carbocycles. The van der Waals surface area contributed by atoms with Gasteiger partial charge in [-0.25, -0.2) is 4.79 Å². The smallest absolute Gasteiger partial charge is 0.350 e. The third kappa shape index (κ3) is 3.15. The van der Waals surface area contributed by atoms with Crippen molar-refractivity contribution in [3.8, 4) is 6.07 Å². The topological polar surface area (TPSA) is 62.1 Å². The number of benzene rings is 2. The van der Waals surface area contributed by atoms with Crippen LogP contribution in [-0.2, 0) is 9.53 Å². The molecule has 0 aliphatic carbocycles. The Morgan fingerprint density at radius 2 is 2.05 bits per heavy atom. The van der Waals surface area contributed by atoms with Crippen LogP contribution < -0.4 is 5.32 Å². The van der Waals surface area contributed by atoms with E-state index in [2.05, 4.69) is 5.32 Å². The van der Waals surface area contributed by atoms with E-state index in [1.165, 1.54) is 6.20 Å². The van der Waals surface area contributed by atoms with Gasteiger partial charge in [0.15, 0.2) is 5.57 Å². The fraction of sp³-hybridized carbons (Fsp3) is 0.125. The first-order valence-corrected chi connectivity index (χ1v) is 6.27. The minimum atomic E-state index is -0.622. The highest BCUT2D eigenvalue weighted by Crippen LogP contribution is 2.19. The van der Waals surface area contributed by atoms with E-state index in [-0.39, 0.29) is 12.2 Å². The number of fused-ring (bicyclic) bond motifs is 1. The first-order valence-electron chi connectivity index (χ1n) is 6.27. The Morgan fingerprint density at radius 3 is 2.75 bits per heavy atom. The van der Waals surface area contributed by atoms with Crippen molar-refractivity contribution in [3.05, 3.63) is 54.2 Å². The number of carbonyl (C=O) groups excluding carboxylic acids is 1. The van der Waals surface area contributed by atoms with Crippen molar-refractivity contribution in [2.24, 2.45) is 0 Å². The summed E-state index contributed by atoms with van der Waals surface area (Å²) in [5, 5.41) is 14.1. The Labute approximate surface area is 117 Å². The number of nitriles is 1. The number of hydrogen-bond donors (Lipinski definition) is 1. The molecular weight excluding hydrogens is 252 g/mol. The average molecular weight is 266 g/mol. The van der Waals surface area contributed by atoms with Crippen LogP contribution in [0, 0.1) is 11.3 Å². The summed E-state index contributed by atoms with van der Waals surface area (Å²) in [5.74, 6) is -0.622. The molecule has 0 unspecified atom stereocenters. The van der Waals surface area contributed by atoms with E-state index in [0.717, 1.165) is 16.5 Å². The lowest BCUT2D eigenvalue weighted by atomic mass is 10.1. The zero-order valence-electron chi connectivity index (χ0n) is 11.1. The Balaban J connectivity index is 2.19. The van der Waals surface area contributed by atoms with Crippen LogP contribution >= 0.6 is 0 Å². The maximum absolute atomic E-state index is 11.5. The van der Waals surface area contributed by atoms with Crippen molar-refractivity contribution < 1.29 is 9.53 Å². The number of esters is 1. The first kappa shape index (κ1) is 13.6. The molecule has 20 heavy (non-hydrogen) atoms. The quantitative estimate of drug-likeness (QED) is 0.524. The molecule has 0 heterocycles. The van der Waals surface area contributed by atoms with E-state index < -0.39 is 5.97 Å². The number of anilines is 1. The standard InChI is InChI=1S/C16H14N2O2/c1-2-20-16(19)14(10-17)11-18-15-8-7-12-5-3-4-6-13(12)9-15/h3-9,11,18H,2H2,1H3. The van der Waals surface area contributed by atoms with Gasteiger partial charge in [0.05, 0.1) is 6.61 Å². The Morgan fingerprint density at radius 1 is 1.30 bits per heavy atom. The zero-order chi connectivity index (χ0) is 14.4. The molecule has 0 bridgehead atoms. The molecule has 0 saturated carbocycles. The monoisotopic (exact) mass is 266 g/mol. The van der Waals surface area contributed by atoms with E-state index in [1.807, 2.05) is 48.5 Å². The van der Waals surface area contributed by atoms with Crippen molar-refractivity contribution in [3.63, 3.8) is 0 Å². The second-order valence-electron chi connectivity index (χ2n) is 4.10. The van der Waals surface area contributed by atoms with Crippen molar-refractivity contribution in [1.29, 1.82) is 5.26 Å². The van der Waals surface area contributed by atoms with Gasteiger partial charge in [-0.3, -0.25) is 0 Å². The van der Waals surface area contributed by atoms with Crippen LogP contribution in [0.2, 0.25) is 0 Å². The van der Waals surface area contributed by atoms with Crippen LogP contribution in [-0.4, -0.2) is 12.6 Å². The van der Waals surface area contributed by atoms with Gasteiger partial charge in [0.1, 0.15) is 6.07 Å². The normalized spacial score (nSPS) is 10.9. The van der Waals surface area contributed by atoms with Gasteiger partial charge in [0.25, 0.3) is 0 Å². The lowest BCUT2D eigenvalue weighted by Gasteiger charge is -2.04. The highest BCUT2D eigenvalue weighted by Gasteiger charge is 2.08. The van der Waals surface area contributed by atoms with Gasteiger partial charge < -0.3 is 10.1 Å². The van der Waals surface area contributed by atoms with Crippen LogP contribution in [0.1, 0.15) is 6.92 Å². The molecule has 0 atom stereocenters. The molecule has 0 aliphatic heterocycles. The van der Waals surface area contributed by atoms with E-state index in [1.54, 1.807) is 6.92 Å². The molecule has 0 spiro atoms. The number of rotatable bonds is 4. The summed E-state index contributed by atoms with van der Waals surface area (Å²) in [7, 11) is 0. The molecule has 2 aromatic rings. The second kappa shape index (κ2) is 6.39. The maximum atomic E-state index is 11.5. The van der Waals surface area contributed by atoms with E-state index in [9.17, 15) is 4.79 Å². The summed E-state index contributed by atoms with van der Waals surface area (Å²) in [4.78, 5) is 11.5. The minimum absolute atomic E-state index is 0.0555. The van der Waals surface area contributed by atoms with E-state index >= 15 is 0 Å². The Kier molecular flexibility index (Phi) is 4.35. The lowest BCUT2D eigenvalue weighted by Crippen LogP contribution is -2.07. The van der Waals surface area contributed by atoms with Crippen LogP contribution in [0.5, 0.6) is 0 Å². The molecule has 0 radical (unpaired) electrons. The predicted octanol–water partition coefficient (Wildman–Crippen LogP) is 3.22. The summed E-state index contributed by atoms with van der Waals surface area (Å²) in [6.07, 6.45) is 1.36. The average Bonchev–Trinajstić information content (AvgIpc) is 2.48. The fourth-order valence-corrected chi connectivity index (χ4v) is 1.78.